The van der Waals surface area contributed by atoms with Crippen molar-refractivity contribution in [2.24, 2.45) is 0 Å². The Hall–Kier alpha value is -0.940. The molecule has 14 heavy (non-hydrogen) atoms. The van der Waals surface area contributed by atoms with Crippen molar-refractivity contribution >= 4 is 27.3 Å². The molecular formula is C9H7BrN2OS. The second-order valence-corrected chi connectivity index (χ2v) is 4.30. The van der Waals surface area contributed by atoms with Gasteiger partial charge in [0.2, 0.25) is 0 Å². The molecule has 0 saturated carbocycles. The van der Waals surface area contributed by atoms with E-state index in [1.54, 1.807) is 23.7 Å². The molecular weight excluding hydrogens is 264 g/mol. The van der Waals surface area contributed by atoms with Gasteiger partial charge in [-0.25, -0.2) is 4.98 Å². The van der Waals surface area contributed by atoms with Gasteiger partial charge in [-0.1, -0.05) is 0 Å². The van der Waals surface area contributed by atoms with Gasteiger partial charge in [-0.05, 0) is 28.1 Å². The summed E-state index contributed by atoms with van der Waals surface area (Å²) in [7, 11) is 0. The molecule has 0 fully saturated rings. The highest BCUT2D eigenvalue weighted by molar-refractivity contribution is 9.10. The topological polar surface area (TPSA) is 35.0 Å². The number of ether oxygens (including phenoxy) is 1. The van der Waals surface area contributed by atoms with Crippen LogP contribution in [0.1, 0.15) is 5.01 Å². The predicted octanol–water partition coefficient (Wildman–Crippen LogP) is 2.88. The van der Waals surface area contributed by atoms with E-state index < -0.39 is 0 Å². The highest BCUT2D eigenvalue weighted by Gasteiger charge is 2.00. The molecule has 0 aliphatic carbocycles. The average Bonchev–Trinajstić information content (AvgIpc) is 2.63. The van der Waals surface area contributed by atoms with Crippen molar-refractivity contribution in [2.75, 3.05) is 0 Å². The molecule has 72 valence electrons. The van der Waals surface area contributed by atoms with Crippen molar-refractivity contribution in [2.45, 2.75) is 6.61 Å². The number of thiazole rings is 1. The molecule has 0 aliphatic rings. The molecule has 2 aromatic heterocycles. The van der Waals surface area contributed by atoms with Crippen molar-refractivity contribution in [1.29, 1.82) is 0 Å². The standard InChI is InChI=1S/C9H7BrN2OS/c10-8-6-14-9(12-8)5-13-7-2-1-3-11-4-7/h1-4,6H,5H2. The van der Waals surface area contributed by atoms with E-state index in [1.807, 2.05) is 17.5 Å². The molecule has 0 atom stereocenters. The smallest absolute Gasteiger partial charge is 0.140 e. The third kappa shape index (κ3) is 2.52. The zero-order valence-electron chi connectivity index (χ0n) is 7.18. The molecule has 5 heteroatoms. The SMILES string of the molecule is Brc1csc(COc2cccnc2)n1. The third-order valence-electron chi connectivity index (χ3n) is 1.52. The van der Waals surface area contributed by atoms with Crippen LogP contribution in [0.15, 0.2) is 34.5 Å². The number of hydrogen-bond acceptors (Lipinski definition) is 4. The summed E-state index contributed by atoms with van der Waals surface area (Å²) in [6.45, 7) is 0.488. The van der Waals surface area contributed by atoms with E-state index in [-0.39, 0.29) is 0 Å². The number of hydrogen-bond donors (Lipinski definition) is 0. The van der Waals surface area contributed by atoms with Crippen LogP contribution < -0.4 is 4.74 Å². The van der Waals surface area contributed by atoms with E-state index in [4.69, 9.17) is 4.74 Å². The summed E-state index contributed by atoms with van der Waals surface area (Å²) in [5.41, 5.74) is 0. The molecule has 0 aromatic carbocycles. The zero-order chi connectivity index (χ0) is 9.80. The lowest BCUT2D eigenvalue weighted by molar-refractivity contribution is 0.304. The lowest BCUT2D eigenvalue weighted by atomic mass is 10.5. The molecule has 3 nitrogen and oxygen atoms in total. The predicted molar refractivity (Wildman–Crippen MR) is 58.4 cm³/mol. The Morgan fingerprint density at radius 3 is 3.07 bits per heavy atom. The molecule has 2 rings (SSSR count). The van der Waals surface area contributed by atoms with Crippen molar-refractivity contribution in [1.82, 2.24) is 9.97 Å². The number of rotatable bonds is 3. The Kier molecular flexibility index (Phi) is 3.10. The second kappa shape index (κ2) is 4.52. The monoisotopic (exact) mass is 270 g/mol. The van der Waals surface area contributed by atoms with E-state index in [0.717, 1.165) is 15.4 Å². The van der Waals surface area contributed by atoms with Crippen molar-refractivity contribution in [3.05, 3.63) is 39.5 Å². The summed E-state index contributed by atoms with van der Waals surface area (Å²) in [5, 5.41) is 2.88. The first kappa shape index (κ1) is 9.61. The molecule has 0 unspecified atom stereocenters. The van der Waals surface area contributed by atoms with Gasteiger partial charge in [-0.2, -0.15) is 0 Å². The summed E-state index contributed by atoms with van der Waals surface area (Å²) in [6, 6.07) is 3.71. The fourth-order valence-corrected chi connectivity index (χ4v) is 2.11. The normalized spacial score (nSPS) is 10.1. The van der Waals surface area contributed by atoms with E-state index in [2.05, 4.69) is 25.9 Å². The highest BCUT2D eigenvalue weighted by atomic mass is 79.9. The minimum Gasteiger partial charge on any atom is -0.485 e. The Bertz CT molecular complexity index is 404. The van der Waals surface area contributed by atoms with E-state index in [9.17, 15) is 0 Å². The molecule has 0 saturated heterocycles. The van der Waals surface area contributed by atoms with Crippen LogP contribution in [0.2, 0.25) is 0 Å². The van der Waals surface area contributed by atoms with Crippen LogP contribution in [0, 0.1) is 0 Å². The van der Waals surface area contributed by atoms with E-state index >= 15 is 0 Å². The summed E-state index contributed by atoms with van der Waals surface area (Å²) in [5.74, 6) is 0.763. The quantitative estimate of drug-likeness (QED) is 0.861. The Balaban J connectivity index is 1.95. The van der Waals surface area contributed by atoms with Crippen molar-refractivity contribution in [3.8, 4) is 5.75 Å². The fraction of sp³-hybridized carbons (Fsp3) is 0.111. The maximum absolute atomic E-state index is 5.47. The van der Waals surface area contributed by atoms with Crippen LogP contribution in [0.5, 0.6) is 5.75 Å². The summed E-state index contributed by atoms with van der Waals surface area (Å²) < 4.78 is 6.32. The molecule has 2 aromatic rings. The van der Waals surface area contributed by atoms with Gasteiger partial charge in [0.25, 0.3) is 0 Å². The Labute approximate surface area is 93.9 Å². The molecule has 0 bridgehead atoms. The second-order valence-electron chi connectivity index (χ2n) is 2.54. The molecule has 2 heterocycles. The van der Waals surface area contributed by atoms with Gasteiger partial charge in [0, 0.05) is 11.6 Å². The number of nitrogens with zero attached hydrogens (tertiary/aromatic N) is 2. The van der Waals surface area contributed by atoms with Gasteiger partial charge in [-0.3, -0.25) is 4.98 Å². The lowest BCUT2D eigenvalue weighted by Crippen LogP contribution is -1.94. The van der Waals surface area contributed by atoms with Gasteiger partial charge in [0.1, 0.15) is 22.0 Å². The Morgan fingerprint density at radius 1 is 1.50 bits per heavy atom. The van der Waals surface area contributed by atoms with Crippen LogP contribution >= 0.6 is 27.3 Å². The molecule has 0 aliphatic heterocycles. The molecule has 0 N–H and O–H groups in total. The third-order valence-corrected chi connectivity index (χ3v) is 3.05. The zero-order valence-corrected chi connectivity index (χ0v) is 9.59. The highest BCUT2D eigenvalue weighted by Crippen LogP contribution is 2.17. The van der Waals surface area contributed by atoms with Crippen LogP contribution in [0.3, 0.4) is 0 Å². The van der Waals surface area contributed by atoms with Crippen LogP contribution in [0.4, 0.5) is 0 Å². The van der Waals surface area contributed by atoms with E-state index in [0.29, 0.717) is 6.61 Å². The van der Waals surface area contributed by atoms with E-state index in [1.165, 1.54) is 0 Å². The minimum absolute atomic E-state index is 0.488. The first-order valence-electron chi connectivity index (χ1n) is 3.97. The first-order chi connectivity index (χ1) is 6.84. The number of aromatic nitrogens is 2. The molecule has 0 spiro atoms. The van der Waals surface area contributed by atoms with Crippen molar-refractivity contribution < 1.29 is 4.74 Å². The number of pyridine rings is 1. The number of halogens is 1. The van der Waals surface area contributed by atoms with Gasteiger partial charge < -0.3 is 4.74 Å². The fourth-order valence-electron chi connectivity index (χ4n) is 0.932. The van der Waals surface area contributed by atoms with Gasteiger partial charge in [0.15, 0.2) is 0 Å². The van der Waals surface area contributed by atoms with Crippen LogP contribution in [-0.2, 0) is 6.61 Å². The van der Waals surface area contributed by atoms with Gasteiger partial charge in [-0.15, -0.1) is 11.3 Å². The summed E-state index contributed by atoms with van der Waals surface area (Å²) in [4.78, 5) is 8.17. The van der Waals surface area contributed by atoms with Crippen molar-refractivity contribution in [3.63, 3.8) is 0 Å². The lowest BCUT2D eigenvalue weighted by Gasteiger charge is -2.01. The molecule has 0 radical (unpaired) electrons. The maximum atomic E-state index is 5.47. The summed E-state index contributed by atoms with van der Waals surface area (Å²) in [6.07, 6.45) is 3.40. The van der Waals surface area contributed by atoms with Crippen LogP contribution in [-0.4, -0.2) is 9.97 Å². The largest absolute Gasteiger partial charge is 0.485 e. The summed E-state index contributed by atoms with van der Waals surface area (Å²) >= 11 is 4.86. The van der Waals surface area contributed by atoms with Gasteiger partial charge in [0.05, 0.1) is 6.20 Å². The first-order valence-corrected chi connectivity index (χ1v) is 5.64. The van der Waals surface area contributed by atoms with Crippen LogP contribution in [0.25, 0.3) is 0 Å². The maximum Gasteiger partial charge on any atom is 0.140 e. The van der Waals surface area contributed by atoms with Gasteiger partial charge >= 0.3 is 0 Å². The Morgan fingerprint density at radius 2 is 2.43 bits per heavy atom. The average molecular weight is 271 g/mol. The molecule has 0 amide bonds. The minimum atomic E-state index is 0.488.